The smallest absolute Gasteiger partial charge is 0.0167 e. The average molecular weight is 175 g/mol. The minimum atomic E-state index is 1.36. The van der Waals surface area contributed by atoms with Crippen molar-refractivity contribution in [2.45, 2.75) is 59.8 Å². The molecular weight excluding hydrogens is 146 g/mol. The summed E-state index contributed by atoms with van der Waals surface area (Å²) in [6.07, 6.45) is 7.01. The van der Waals surface area contributed by atoms with Crippen LogP contribution in [0, 0.1) is 0 Å². The van der Waals surface area contributed by atoms with Gasteiger partial charge in [0, 0.05) is 0 Å². The Bertz CT molecular complexity index is 32.0. The van der Waals surface area contributed by atoms with E-state index in [1.54, 1.807) is 0 Å². The van der Waals surface area contributed by atoms with Crippen molar-refractivity contribution >= 4 is 0 Å². The summed E-state index contributed by atoms with van der Waals surface area (Å²) in [5, 5.41) is 2.75. The molecular formula is C11H29N. The van der Waals surface area contributed by atoms with E-state index in [-0.39, 0.29) is 0 Å². The van der Waals surface area contributed by atoms with Gasteiger partial charge in [0.05, 0.1) is 0 Å². The van der Waals surface area contributed by atoms with Crippen LogP contribution in [0.1, 0.15) is 59.8 Å². The Morgan fingerprint density at radius 3 is 1.17 bits per heavy atom. The van der Waals surface area contributed by atoms with E-state index >= 15 is 0 Å². The molecule has 0 bridgehead atoms. The Morgan fingerprint density at radius 2 is 1.00 bits per heavy atom. The van der Waals surface area contributed by atoms with Gasteiger partial charge in [-0.2, -0.15) is 0 Å². The molecule has 0 aliphatic rings. The van der Waals surface area contributed by atoms with Crippen molar-refractivity contribution in [1.29, 1.82) is 0 Å². The van der Waals surface area contributed by atoms with Gasteiger partial charge < -0.3 is 5.32 Å². The van der Waals surface area contributed by atoms with Crippen molar-refractivity contribution in [2.75, 3.05) is 14.1 Å². The van der Waals surface area contributed by atoms with Crippen LogP contribution in [0.2, 0.25) is 0 Å². The highest BCUT2D eigenvalue weighted by atomic mass is 14.7. The van der Waals surface area contributed by atoms with Gasteiger partial charge in [0.25, 0.3) is 0 Å². The quantitative estimate of drug-likeness (QED) is 0.640. The number of hydrogen-bond donors (Lipinski definition) is 1. The van der Waals surface area contributed by atoms with E-state index in [2.05, 4.69) is 19.2 Å². The minimum Gasteiger partial charge on any atom is -0.323 e. The predicted molar refractivity (Wildman–Crippen MR) is 60.8 cm³/mol. The van der Waals surface area contributed by atoms with Gasteiger partial charge >= 0.3 is 0 Å². The van der Waals surface area contributed by atoms with Crippen molar-refractivity contribution in [3.05, 3.63) is 0 Å². The predicted octanol–water partition coefficient (Wildman–Crippen LogP) is 3.84. The lowest BCUT2D eigenvalue weighted by atomic mass is 10.2. The Kier molecular flexibility index (Phi) is 45.6. The van der Waals surface area contributed by atoms with Gasteiger partial charge in [0.1, 0.15) is 0 Å². The Balaban J connectivity index is -0.000000137. The first-order chi connectivity index (χ1) is 5.83. The normalized spacial score (nSPS) is 7.50. The topological polar surface area (TPSA) is 12.0 Å². The molecule has 0 rings (SSSR count). The maximum atomic E-state index is 2.75. The number of unbranched alkanes of at least 4 members (excludes halogenated alkanes) is 4. The van der Waals surface area contributed by atoms with E-state index in [1.807, 2.05) is 27.9 Å². The second kappa shape index (κ2) is 30.6. The van der Waals surface area contributed by atoms with Crippen LogP contribution >= 0.6 is 0 Å². The number of nitrogens with one attached hydrogen (secondary N) is 1. The summed E-state index contributed by atoms with van der Waals surface area (Å²) in [5.74, 6) is 0. The lowest BCUT2D eigenvalue weighted by Gasteiger charge is -1.90. The van der Waals surface area contributed by atoms with E-state index < -0.39 is 0 Å². The van der Waals surface area contributed by atoms with Crippen molar-refractivity contribution in [3.8, 4) is 0 Å². The zero-order valence-electron chi connectivity index (χ0n) is 10.0. The highest BCUT2D eigenvalue weighted by Gasteiger charge is 1.80. The maximum Gasteiger partial charge on any atom is -0.0167 e. The van der Waals surface area contributed by atoms with Crippen LogP contribution in [-0.4, -0.2) is 14.1 Å². The first-order valence-corrected chi connectivity index (χ1v) is 5.41. The molecule has 0 saturated carbocycles. The highest BCUT2D eigenvalue weighted by Crippen LogP contribution is 2.00. The van der Waals surface area contributed by atoms with E-state index in [9.17, 15) is 0 Å². The molecule has 12 heavy (non-hydrogen) atoms. The van der Waals surface area contributed by atoms with Gasteiger partial charge in [-0.3, -0.25) is 0 Å². The number of hydrogen-bond acceptors (Lipinski definition) is 1. The largest absolute Gasteiger partial charge is 0.323 e. The summed E-state index contributed by atoms with van der Waals surface area (Å²) in [5.41, 5.74) is 0. The zero-order valence-corrected chi connectivity index (χ0v) is 10.0. The lowest BCUT2D eigenvalue weighted by molar-refractivity contribution is 0.656. The molecule has 0 saturated heterocycles. The fraction of sp³-hybridized carbons (Fsp3) is 1.00. The van der Waals surface area contributed by atoms with Crippen molar-refractivity contribution in [3.63, 3.8) is 0 Å². The van der Waals surface area contributed by atoms with Crippen LogP contribution in [0.4, 0.5) is 0 Å². The lowest BCUT2D eigenvalue weighted by Crippen LogP contribution is -1.89. The third kappa shape index (κ3) is 51.0. The molecule has 0 spiro atoms. The fourth-order valence-corrected chi connectivity index (χ4v) is 0.677. The van der Waals surface area contributed by atoms with Gasteiger partial charge in [0.2, 0.25) is 0 Å². The molecule has 0 aromatic heterocycles. The van der Waals surface area contributed by atoms with E-state index in [1.165, 1.54) is 32.1 Å². The third-order valence-corrected chi connectivity index (χ3v) is 1.21. The minimum absolute atomic E-state index is 1.36. The Labute approximate surface area is 80.0 Å². The summed E-state index contributed by atoms with van der Waals surface area (Å²) < 4.78 is 0. The summed E-state index contributed by atoms with van der Waals surface area (Å²) in [7, 11) is 3.75. The van der Waals surface area contributed by atoms with E-state index in [4.69, 9.17) is 0 Å². The molecule has 0 aliphatic carbocycles. The van der Waals surface area contributed by atoms with Gasteiger partial charge in [-0.1, -0.05) is 59.8 Å². The Morgan fingerprint density at radius 1 is 0.750 bits per heavy atom. The van der Waals surface area contributed by atoms with E-state index in [0.717, 1.165) is 0 Å². The van der Waals surface area contributed by atoms with Crippen LogP contribution in [0.3, 0.4) is 0 Å². The standard InChI is InChI=1S/C7H16.C2H7N.C2H6/c1-3-5-7-6-4-2;1-3-2;1-2/h3-7H2,1-2H3;3H,1-2H3;1-2H3. The summed E-state index contributed by atoms with van der Waals surface area (Å²) in [6, 6.07) is 0. The molecule has 1 nitrogen and oxygen atoms in total. The van der Waals surface area contributed by atoms with Gasteiger partial charge in [-0.25, -0.2) is 0 Å². The first-order valence-electron chi connectivity index (χ1n) is 5.41. The van der Waals surface area contributed by atoms with Crippen LogP contribution in [-0.2, 0) is 0 Å². The van der Waals surface area contributed by atoms with Crippen molar-refractivity contribution in [1.82, 2.24) is 5.32 Å². The SMILES string of the molecule is CC.CCCCCCC.CNC. The maximum absolute atomic E-state index is 2.75. The summed E-state index contributed by atoms with van der Waals surface area (Å²) in [4.78, 5) is 0. The average Bonchev–Trinajstić information content (AvgIpc) is 2.11. The first kappa shape index (κ1) is 17.9. The fourth-order valence-electron chi connectivity index (χ4n) is 0.677. The second-order valence-corrected chi connectivity index (χ2v) is 2.56. The van der Waals surface area contributed by atoms with Crippen molar-refractivity contribution < 1.29 is 0 Å². The molecule has 78 valence electrons. The molecule has 0 amide bonds. The summed E-state index contributed by atoms with van der Waals surface area (Å²) in [6.45, 7) is 8.49. The molecule has 0 aromatic rings. The molecule has 0 radical (unpaired) electrons. The molecule has 1 N–H and O–H groups in total. The Hall–Kier alpha value is -0.0400. The van der Waals surface area contributed by atoms with Gasteiger partial charge in [-0.15, -0.1) is 0 Å². The zero-order chi connectivity index (χ0) is 10.2. The van der Waals surface area contributed by atoms with Gasteiger partial charge in [-0.05, 0) is 14.1 Å². The second-order valence-electron chi connectivity index (χ2n) is 2.56. The van der Waals surface area contributed by atoms with Crippen LogP contribution in [0.15, 0.2) is 0 Å². The molecule has 0 aromatic carbocycles. The summed E-state index contributed by atoms with van der Waals surface area (Å²) >= 11 is 0. The number of rotatable bonds is 4. The molecule has 0 atom stereocenters. The monoisotopic (exact) mass is 175 g/mol. The van der Waals surface area contributed by atoms with Crippen LogP contribution in [0.25, 0.3) is 0 Å². The van der Waals surface area contributed by atoms with Crippen LogP contribution < -0.4 is 5.32 Å². The molecule has 1 heteroatoms. The highest BCUT2D eigenvalue weighted by molar-refractivity contribution is 4.35. The van der Waals surface area contributed by atoms with E-state index in [0.29, 0.717) is 0 Å². The molecule has 0 unspecified atom stereocenters. The molecule has 0 heterocycles. The van der Waals surface area contributed by atoms with Crippen LogP contribution in [0.5, 0.6) is 0 Å². The van der Waals surface area contributed by atoms with Crippen molar-refractivity contribution in [2.24, 2.45) is 0 Å². The molecule has 0 fully saturated rings. The molecule has 0 aliphatic heterocycles. The third-order valence-electron chi connectivity index (χ3n) is 1.21. The van der Waals surface area contributed by atoms with Gasteiger partial charge in [0.15, 0.2) is 0 Å².